The van der Waals surface area contributed by atoms with E-state index in [1.165, 1.54) is 5.56 Å². The lowest BCUT2D eigenvalue weighted by atomic mass is 10.1. The zero-order valence-corrected chi connectivity index (χ0v) is 19.7. The van der Waals surface area contributed by atoms with Gasteiger partial charge in [-0.1, -0.05) is 42.5 Å². The van der Waals surface area contributed by atoms with E-state index in [9.17, 15) is 0 Å². The van der Waals surface area contributed by atoms with E-state index in [1.807, 2.05) is 30.3 Å². The van der Waals surface area contributed by atoms with Crippen LogP contribution in [0.5, 0.6) is 5.75 Å². The van der Waals surface area contributed by atoms with Gasteiger partial charge in [0.2, 0.25) is 11.9 Å². The molecule has 0 atom stereocenters. The molecule has 4 N–H and O–H groups in total. The first-order valence-electron chi connectivity index (χ1n) is 11.5. The minimum Gasteiger partial charge on any atom is -0.497 e. The zero-order chi connectivity index (χ0) is 23.8. The van der Waals surface area contributed by atoms with Crippen molar-refractivity contribution in [2.45, 2.75) is 12.8 Å². The molecule has 0 bridgehead atoms. The molecule has 0 saturated carbocycles. The number of nitrogens with two attached hydrogens (primary N) is 1. The summed E-state index contributed by atoms with van der Waals surface area (Å²) >= 11 is 0. The Labute approximate surface area is 201 Å². The summed E-state index contributed by atoms with van der Waals surface area (Å²) in [5.74, 6) is 2.62. The predicted molar refractivity (Wildman–Crippen MR) is 133 cm³/mol. The van der Waals surface area contributed by atoms with Gasteiger partial charge in [0.15, 0.2) is 0 Å². The second kappa shape index (κ2) is 14.8. The first kappa shape index (κ1) is 25.4. The Balaban J connectivity index is 1.55. The van der Waals surface area contributed by atoms with Gasteiger partial charge in [-0.2, -0.15) is 15.0 Å². The number of ether oxygens (including phenoxy) is 3. The molecule has 9 heteroatoms. The number of rotatable bonds is 16. The minimum atomic E-state index is 0.517. The van der Waals surface area contributed by atoms with Gasteiger partial charge >= 0.3 is 0 Å². The Morgan fingerprint density at radius 1 is 0.735 bits per heavy atom. The maximum atomic E-state index is 5.56. The molecule has 0 aliphatic rings. The van der Waals surface area contributed by atoms with Gasteiger partial charge in [0.1, 0.15) is 11.6 Å². The van der Waals surface area contributed by atoms with Crippen LogP contribution in [0, 0.1) is 0 Å². The summed E-state index contributed by atoms with van der Waals surface area (Å²) in [6, 6.07) is 18.2. The second-order valence-corrected chi connectivity index (χ2v) is 7.53. The summed E-state index contributed by atoms with van der Waals surface area (Å²) in [4.78, 5) is 13.7. The third kappa shape index (κ3) is 9.30. The summed E-state index contributed by atoms with van der Waals surface area (Å²) in [5, 5.41) is 6.56. The van der Waals surface area contributed by atoms with Crippen LogP contribution in [-0.4, -0.2) is 68.1 Å². The van der Waals surface area contributed by atoms with Crippen molar-refractivity contribution in [3.05, 3.63) is 71.5 Å². The molecular formula is C25H34N6O3. The van der Waals surface area contributed by atoms with Gasteiger partial charge < -0.3 is 30.6 Å². The van der Waals surface area contributed by atoms with Crippen LogP contribution in [0.25, 0.3) is 0 Å². The molecule has 0 fully saturated rings. The van der Waals surface area contributed by atoms with E-state index in [2.05, 4.69) is 49.9 Å². The molecule has 1 heterocycles. The molecule has 0 unspecified atom stereocenters. The fourth-order valence-electron chi connectivity index (χ4n) is 3.19. The first-order chi connectivity index (χ1) is 16.8. The van der Waals surface area contributed by atoms with Gasteiger partial charge in [0, 0.05) is 26.1 Å². The zero-order valence-electron chi connectivity index (χ0n) is 19.7. The summed E-state index contributed by atoms with van der Waals surface area (Å²) < 4.78 is 16.1. The summed E-state index contributed by atoms with van der Waals surface area (Å²) in [6.07, 6.45) is 1.46. The molecule has 34 heavy (non-hydrogen) atoms. The van der Waals surface area contributed by atoms with Crippen molar-refractivity contribution in [1.29, 1.82) is 0 Å². The van der Waals surface area contributed by atoms with E-state index < -0.39 is 0 Å². The fraction of sp³-hybridized carbons (Fsp3) is 0.400. The van der Waals surface area contributed by atoms with E-state index in [1.54, 1.807) is 7.11 Å². The van der Waals surface area contributed by atoms with E-state index in [0.29, 0.717) is 70.2 Å². The van der Waals surface area contributed by atoms with Crippen molar-refractivity contribution < 1.29 is 14.2 Å². The number of anilines is 2. The highest BCUT2D eigenvalue weighted by Gasteiger charge is 2.08. The Kier molecular flexibility index (Phi) is 11.0. The van der Waals surface area contributed by atoms with E-state index >= 15 is 0 Å². The number of hydrogen-bond acceptors (Lipinski definition) is 9. The average Bonchev–Trinajstić information content (AvgIpc) is 2.87. The summed E-state index contributed by atoms with van der Waals surface area (Å²) in [5.41, 5.74) is 7.74. The molecule has 182 valence electrons. The van der Waals surface area contributed by atoms with Crippen LogP contribution in [0.15, 0.2) is 54.6 Å². The normalized spacial score (nSPS) is 10.8. The van der Waals surface area contributed by atoms with Gasteiger partial charge in [-0.05, 0) is 29.7 Å². The van der Waals surface area contributed by atoms with Crippen molar-refractivity contribution in [1.82, 2.24) is 15.0 Å². The Morgan fingerprint density at radius 3 is 2.09 bits per heavy atom. The molecule has 3 rings (SSSR count). The van der Waals surface area contributed by atoms with E-state index in [4.69, 9.17) is 19.9 Å². The van der Waals surface area contributed by atoms with Crippen LogP contribution >= 0.6 is 0 Å². The van der Waals surface area contributed by atoms with E-state index in [0.717, 1.165) is 17.7 Å². The highest BCUT2D eigenvalue weighted by atomic mass is 16.5. The van der Waals surface area contributed by atoms with Gasteiger partial charge in [-0.3, -0.25) is 0 Å². The lowest BCUT2D eigenvalue weighted by molar-refractivity contribution is 0.0547. The molecule has 9 nitrogen and oxygen atoms in total. The molecular weight excluding hydrogens is 432 g/mol. The second-order valence-electron chi connectivity index (χ2n) is 7.53. The van der Waals surface area contributed by atoms with Crippen LogP contribution in [0.1, 0.15) is 17.0 Å². The third-order valence-electron chi connectivity index (χ3n) is 4.91. The van der Waals surface area contributed by atoms with Crippen LogP contribution in [0.3, 0.4) is 0 Å². The molecule has 1 aromatic heterocycles. The first-order valence-corrected chi connectivity index (χ1v) is 11.5. The van der Waals surface area contributed by atoms with Gasteiger partial charge in [0.05, 0.1) is 33.5 Å². The topological polar surface area (TPSA) is 116 Å². The quantitative estimate of drug-likeness (QED) is 0.274. The standard InChI is InChI=1S/C25H34N6O3/c1-32-22-9-7-20(8-10-22)11-13-27-24-29-23(19-21-5-3-2-4-6-21)30-25(31-24)28-14-16-34-18-17-33-15-12-26/h2-10H,11-19,26H2,1H3,(H2,27,28,29,30,31). The highest BCUT2D eigenvalue weighted by Crippen LogP contribution is 2.13. The Bertz CT molecular complexity index is 957. The molecule has 3 aromatic rings. The maximum absolute atomic E-state index is 5.56. The summed E-state index contributed by atoms with van der Waals surface area (Å²) in [7, 11) is 1.67. The number of methoxy groups -OCH3 is 1. The number of aromatic nitrogens is 3. The van der Waals surface area contributed by atoms with Crippen LogP contribution in [0.2, 0.25) is 0 Å². The van der Waals surface area contributed by atoms with Gasteiger partial charge in [0.25, 0.3) is 0 Å². The van der Waals surface area contributed by atoms with Gasteiger partial charge in [-0.15, -0.1) is 0 Å². The minimum absolute atomic E-state index is 0.517. The molecule has 2 aromatic carbocycles. The van der Waals surface area contributed by atoms with Crippen LogP contribution in [-0.2, 0) is 22.3 Å². The lowest BCUT2D eigenvalue weighted by Gasteiger charge is -2.11. The molecule has 0 aliphatic heterocycles. The van der Waals surface area contributed by atoms with Crippen molar-refractivity contribution >= 4 is 11.9 Å². The third-order valence-corrected chi connectivity index (χ3v) is 4.91. The lowest BCUT2D eigenvalue weighted by Crippen LogP contribution is -2.17. The smallest absolute Gasteiger partial charge is 0.227 e. The van der Waals surface area contributed by atoms with Crippen molar-refractivity contribution in [3.8, 4) is 5.75 Å². The average molecular weight is 467 g/mol. The fourth-order valence-corrected chi connectivity index (χ4v) is 3.19. The van der Waals surface area contributed by atoms with E-state index in [-0.39, 0.29) is 0 Å². The molecule has 0 amide bonds. The summed E-state index contributed by atoms with van der Waals surface area (Å²) in [6.45, 7) is 3.92. The highest BCUT2D eigenvalue weighted by molar-refractivity contribution is 5.36. The molecule has 0 spiro atoms. The molecule has 0 saturated heterocycles. The van der Waals surface area contributed by atoms with Crippen LogP contribution < -0.4 is 21.1 Å². The largest absolute Gasteiger partial charge is 0.497 e. The number of nitrogens with zero attached hydrogens (tertiary/aromatic N) is 3. The van der Waals surface area contributed by atoms with Gasteiger partial charge in [-0.25, -0.2) is 0 Å². The number of hydrogen-bond donors (Lipinski definition) is 3. The SMILES string of the molecule is COc1ccc(CCNc2nc(Cc3ccccc3)nc(NCCOCCOCCN)n2)cc1. The molecule has 0 aliphatic carbocycles. The number of benzene rings is 2. The molecule has 0 radical (unpaired) electrons. The maximum Gasteiger partial charge on any atom is 0.227 e. The van der Waals surface area contributed by atoms with Crippen molar-refractivity contribution in [3.63, 3.8) is 0 Å². The Morgan fingerprint density at radius 2 is 1.41 bits per heavy atom. The predicted octanol–water partition coefficient (Wildman–Crippen LogP) is 2.53. The Hall–Kier alpha value is -3.27. The van der Waals surface area contributed by atoms with Crippen molar-refractivity contribution in [2.75, 3.05) is 63.8 Å². The van der Waals surface area contributed by atoms with Crippen LogP contribution in [0.4, 0.5) is 11.9 Å². The monoisotopic (exact) mass is 466 g/mol. The number of nitrogens with one attached hydrogen (secondary N) is 2. The van der Waals surface area contributed by atoms with Crippen molar-refractivity contribution in [2.24, 2.45) is 5.73 Å².